The number of nitrogens with zero attached hydrogens (tertiary/aromatic N) is 1. The molecule has 1 saturated heterocycles. The molecule has 192 valence electrons. The number of ether oxygens (including phenoxy) is 1. The molecule has 8 heteroatoms. The number of amides is 1. The zero-order chi connectivity index (χ0) is 27.1. The monoisotopic (exact) mass is 507 g/mol. The Hall–Kier alpha value is -4.20. The van der Waals surface area contributed by atoms with Gasteiger partial charge in [-0.1, -0.05) is 32.9 Å². The fourth-order valence-electron chi connectivity index (χ4n) is 4.41. The molecule has 1 amide bonds. The Morgan fingerprint density at radius 1 is 0.973 bits per heavy atom. The van der Waals surface area contributed by atoms with Crippen LogP contribution in [0.2, 0.25) is 0 Å². The number of rotatable bonds is 5. The minimum atomic E-state index is -1.19. The maximum atomic E-state index is 14.1. The molecule has 37 heavy (non-hydrogen) atoms. The van der Waals surface area contributed by atoms with E-state index in [-0.39, 0.29) is 22.4 Å². The molecule has 0 aliphatic carbocycles. The van der Waals surface area contributed by atoms with Gasteiger partial charge in [-0.25, -0.2) is 8.78 Å². The molecule has 3 aromatic rings. The highest BCUT2D eigenvalue weighted by molar-refractivity contribution is 6.51. The average molecular weight is 508 g/mol. The van der Waals surface area contributed by atoms with Gasteiger partial charge in [-0.05, 0) is 60.4 Å². The van der Waals surface area contributed by atoms with Crippen LogP contribution < -0.4 is 9.64 Å². The first-order valence-corrected chi connectivity index (χ1v) is 11.8. The van der Waals surface area contributed by atoms with Crippen molar-refractivity contribution in [3.8, 4) is 11.5 Å². The van der Waals surface area contributed by atoms with Gasteiger partial charge in [-0.2, -0.15) is 0 Å². The van der Waals surface area contributed by atoms with Crippen LogP contribution in [0.15, 0.2) is 66.2 Å². The van der Waals surface area contributed by atoms with Crippen molar-refractivity contribution in [1.29, 1.82) is 0 Å². The smallest absolute Gasteiger partial charge is 0.300 e. The van der Waals surface area contributed by atoms with Crippen molar-refractivity contribution in [1.82, 2.24) is 0 Å². The van der Waals surface area contributed by atoms with Crippen molar-refractivity contribution in [2.45, 2.75) is 39.2 Å². The van der Waals surface area contributed by atoms with Crippen molar-refractivity contribution in [3.63, 3.8) is 0 Å². The van der Waals surface area contributed by atoms with E-state index in [9.17, 15) is 28.6 Å². The highest BCUT2D eigenvalue weighted by Gasteiger charge is 2.47. The fraction of sp³-hybridized carbons (Fsp3) is 0.241. The first-order valence-electron chi connectivity index (χ1n) is 11.8. The summed E-state index contributed by atoms with van der Waals surface area (Å²) in [6.07, 6.45) is 0. The third-order valence-corrected chi connectivity index (χ3v) is 6.20. The lowest BCUT2D eigenvalue weighted by Crippen LogP contribution is -2.29. The average Bonchev–Trinajstić information content (AvgIpc) is 3.11. The number of Topliss-reactive ketones (excluding diaryl/α,β-unsaturated/α-hetero) is 1. The number of ketones is 1. The predicted molar refractivity (Wildman–Crippen MR) is 136 cm³/mol. The second kappa shape index (κ2) is 9.69. The summed E-state index contributed by atoms with van der Waals surface area (Å²) in [7, 11) is 0. The van der Waals surface area contributed by atoms with Crippen LogP contribution in [0.25, 0.3) is 5.76 Å². The minimum Gasteiger partial charge on any atom is -0.508 e. The Kier molecular flexibility index (Phi) is 6.78. The number of hydrogen-bond donors (Lipinski definition) is 2. The molecule has 1 heterocycles. The van der Waals surface area contributed by atoms with Gasteiger partial charge < -0.3 is 14.9 Å². The van der Waals surface area contributed by atoms with Crippen molar-refractivity contribution in [2.75, 3.05) is 11.5 Å². The molecule has 0 aromatic heterocycles. The number of aliphatic hydroxyl groups excluding tert-OH is 1. The Balaban J connectivity index is 1.95. The summed E-state index contributed by atoms with van der Waals surface area (Å²) >= 11 is 0. The van der Waals surface area contributed by atoms with Gasteiger partial charge in [0.25, 0.3) is 11.7 Å². The topological polar surface area (TPSA) is 87.1 Å². The van der Waals surface area contributed by atoms with E-state index in [0.717, 1.165) is 22.6 Å². The van der Waals surface area contributed by atoms with Crippen LogP contribution in [0.1, 0.15) is 50.4 Å². The second-order valence-electron chi connectivity index (χ2n) is 9.75. The minimum absolute atomic E-state index is 0.0464. The van der Waals surface area contributed by atoms with Gasteiger partial charge in [0.1, 0.15) is 17.3 Å². The number of aromatic hydroxyl groups is 1. The lowest BCUT2D eigenvalue weighted by Gasteiger charge is -2.26. The van der Waals surface area contributed by atoms with Crippen molar-refractivity contribution < 1.29 is 33.3 Å². The van der Waals surface area contributed by atoms with E-state index in [0.29, 0.717) is 23.5 Å². The number of anilines is 1. The highest BCUT2D eigenvalue weighted by Crippen LogP contribution is 2.43. The van der Waals surface area contributed by atoms with Gasteiger partial charge in [0.2, 0.25) is 0 Å². The van der Waals surface area contributed by atoms with Gasteiger partial charge in [0.05, 0.1) is 18.2 Å². The summed E-state index contributed by atoms with van der Waals surface area (Å²) in [6, 6.07) is 12.4. The molecule has 4 rings (SSSR count). The molecule has 2 N–H and O–H groups in total. The van der Waals surface area contributed by atoms with Crippen LogP contribution >= 0.6 is 0 Å². The van der Waals surface area contributed by atoms with Gasteiger partial charge >= 0.3 is 0 Å². The zero-order valence-corrected chi connectivity index (χ0v) is 20.9. The van der Waals surface area contributed by atoms with Crippen molar-refractivity contribution >= 4 is 23.1 Å². The highest BCUT2D eigenvalue weighted by atomic mass is 19.2. The largest absolute Gasteiger partial charge is 0.508 e. The first-order chi connectivity index (χ1) is 17.4. The van der Waals surface area contributed by atoms with Gasteiger partial charge in [0.15, 0.2) is 11.6 Å². The summed E-state index contributed by atoms with van der Waals surface area (Å²) in [4.78, 5) is 27.5. The standard InChI is InChI=1S/C29H27F2NO5/c1-5-37-23-13-8-17(14-20(23)29(2,3)4)26(34)24-25(16-6-10-19(33)11-7-16)32(28(36)27(24)35)18-9-12-21(30)22(31)15-18/h6-15,25,33-34H,5H2,1-4H3/b26-24-. The number of aliphatic hydroxyl groups is 1. The number of halogens is 2. The summed E-state index contributed by atoms with van der Waals surface area (Å²) in [6.45, 7) is 8.24. The molecule has 1 atom stereocenters. The van der Waals surface area contributed by atoms with E-state index in [1.807, 2.05) is 27.7 Å². The quantitative estimate of drug-likeness (QED) is 0.252. The molecule has 0 spiro atoms. The molecule has 1 aliphatic rings. The van der Waals surface area contributed by atoms with E-state index in [4.69, 9.17) is 4.74 Å². The van der Waals surface area contributed by atoms with E-state index < -0.39 is 35.1 Å². The second-order valence-corrected chi connectivity index (χ2v) is 9.75. The number of phenols is 1. The van der Waals surface area contributed by atoms with Crippen LogP contribution in [0.3, 0.4) is 0 Å². The summed E-state index contributed by atoms with van der Waals surface area (Å²) in [5, 5.41) is 21.2. The molecule has 1 aliphatic heterocycles. The van der Waals surface area contributed by atoms with E-state index in [1.165, 1.54) is 30.3 Å². The van der Waals surface area contributed by atoms with Crippen LogP contribution in [-0.2, 0) is 15.0 Å². The van der Waals surface area contributed by atoms with Crippen LogP contribution in [0, 0.1) is 11.6 Å². The van der Waals surface area contributed by atoms with E-state index in [2.05, 4.69) is 0 Å². The normalized spacial score (nSPS) is 17.4. The van der Waals surface area contributed by atoms with Gasteiger partial charge in [0, 0.05) is 22.9 Å². The Labute approximate surface area is 213 Å². The third-order valence-electron chi connectivity index (χ3n) is 6.20. The number of hydrogen-bond acceptors (Lipinski definition) is 5. The Bertz CT molecular complexity index is 1410. The molecular weight excluding hydrogens is 480 g/mol. The Morgan fingerprint density at radius 2 is 1.65 bits per heavy atom. The predicted octanol–water partition coefficient (Wildman–Crippen LogP) is 5.99. The molecule has 6 nitrogen and oxygen atoms in total. The third kappa shape index (κ3) is 4.79. The number of carbonyl (C=O) groups is 2. The van der Waals surface area contributed by atoms with E-state index >= 15 is 0 Å². The summed E-state index contributed by atoms with van der Waals surface area (Å²) < 4.78 is 33.5. The number of benzene rings is 3. The summed E-state index contributed by atoms with van der Waals surface area (Å²) in [5.41, 5.74) is 0.819. The van der Waals surface area contributed by atoms with Crippen LogP contribution in [0.5, 0.6) is 11.5 Å². The lowest BCUT2D eigenvalue weighted by atomic mass is 9.84. The molecule has 0 saturated carbocycles. The molecule has 0 bridgehead atoms. The maximum absolute atomic E-state index is 14.1. The number of carbonyl (C=O) groups excluding carboxylic acids is 2. The first kappa shape index (κ1) is 25.9. The molecule has 3 aromatic carbocycles. The molecule has 1 unspecified atom stereocenters. The summed E-state index contributed by atoms with van der Waals surface area (Å²) in [5.74, 6) is -4.12. The van der Waals surface area contributed by atoms with Crippen LogP contribution in [-0.4, -0.2) is 28.5 Å². The lowest BCUT2D eigenvalue weighted by molar-refractivity contribution is -0.132. The fourth-order valence-corrected chi connectivity index (χ4v) is 4.41. The maximum Gasteiger partial charge on any atom is 0.300 e. The number of phenolic OH excluding ortho intramolecular Hbond substituents is 1. The SMILES string of the molecule is CCOc1ccc(/C(O)=C2/C(=O)C(=O)N(c3ccc(F)c(F)c3)C2c2ccc(O)cc2)cc1C(C)(C)C. The zero-order valence-electron chi connectivity index (χ0n) is 20.9. The molecule has 1 fully saturated rings. The van der Waals surface area contributed by atoms with Gasteiger partial charge in [-0.3, -0.25) is 14.5 Å². The van der Waals surface area contributed by atoms with Crippen molar-refractivity contribution in [2.24, 2.45) is 0 Å². The Morgan fingerprint density at radius 3 is 2.24 bits per heavy atom. The molecular formula is C29H27F2NO5. The van der Waals surface area contributed by atoms with E-state index in [1.54, 1.807) is 18.2 Å². The van der Waals surface area contributed by atoms with Crippen LogP contribution in [0.4, 0.5) is 14.5 Å². The van der Waals surface area contributed by atoms with Gasteiger partial charge in [-0.15, -0.1) is 0 Å². The molecule has 0 radical (unpaired) electrons. The van der Waals surface area contributed by atoms with Crippen molar-refractivity contribution in [3.05, 3.63) is 94.6 Å².